The van der Waals surface area contributed by atoms with Gasteiger partial charge in [0.15, 0.2) is 0 Å². The third kappa shape index (κ3) is 6.14. The molecule has 2 fully saturated rings. The number of hydrogen-bond donors (Lipinski definition) is 1. The Morgan fingerprint density at radius 1 is 0.889 bits per heavy atom. The number of carbonyl (C=O) groups is 2. The van der Waals surface area contributed by atoms with Crippen molar-refractivity contribution in [2.45, 2.75) is 44.9 Å². The van der Waals surface area contributed by atoms with E-state index < -0.39 is 0 Å². The molecule has 36 heavy (non-hydrogen) atoms. The van der Waals surface area contributed by atoms with Gasteiger partial charge in [0.25, 0.3) is 0 Å². The highest BCUT2D eigenvalue weighted by atomic mass is 16.6. The molecule has 3 aromatic rings. The van der Waals surface area contributed by atoms with E-state index in [4.69, 9.17) is 4.74 Å². The van der Waals surface area contributed by atoms with Crippen LogP contribution in [0.1, 0.15) is 42.4 Å². The lowest BCUT2D eigenvalue weighted by Gasteiger charge is -2.20. The number of carbonyl (C=O) groups excluding carboxylic acids is 2. The normalized spacial score (nSPS) is 16.7. The zero-order valence-corrected chi connectivity index (χ0v) is 20.3. The topological polar surface area (TPSA) is 58.6 Å². The monoisotopic (exact) mass is 478 g/mol. The average Bonchev–Trinajstić information content (AvgIpc) is 3.68. The van der Waals surface area contributed by atoms with Gasteiger partial charge in [0.05, 0.1) is 6.04 Å². The zero-order chi connectivity index (χ0) is 24.7. The number of amides is 2. The fourth-order valence-corrected chi connectivity index (χ4v) is 4.37. The van der Waals surface area contributed by atoms with Crippen LogP contribution >= 0.6 is 0 Å². The van der Waals surface area contributed by atoms with E-state index in [9.17, 15) is 9.59 Å². The molecule has 1 atom stereocenters. The Hall–Kier alpha value is -4.04. The summed E-state index contributed by atoms with van der Waals surface area (Å²) in [4.78, 5) is 26.2. The second-order valence-corrected chi connectivity index (χ2v) is 9.43. The molecule has 1 aliphatic carbocycles. The van der Waals surface area contributed by atoms with Crippen LogP contribution in [0.2, 0.25) is 0 Å². The van der Waals surface area contributed by atoms with Crippen molar-refractivity contribution >= 4 is 12.0 Å². The predicted molar refractivity (Wildman–Crippen MR) is 140 cm³/mol. The summed E-state index contributed by atoms with van der Waals surface area (Å²) in [5.74, 6) is 6.95. The molecule has 5 heteroatoms. The lowest BCUT2D eigenvalue weighted by Crippen LogP contribution is -2.35. The summed E-state index contributed by atoms with van der Waals surface area (Å²) in [5.41, 5.74) is 5.16. The third-order valence-corrected chi connectivity index (χ3v) is 6.64. The van der Waals surface area contributed by atoms with Gasteiger partial charge in [0.2, 0.25) is 5.91 Å². The van der Waals surface area contributed by atoms with Crippen molar-refractivity contribution in [1.82, 2.24) is 10.2 Å². The maximum Gasteiger partial charge on any atom is 0.411 e. The maximum absolute atomic E-state index is 12.6. The van der Waals surface area contributed by atoms with E-state index >= 15 is 0 Å². The van der Waals surface area contributed by atoms with E-state index in [0.29, 0.717) is 13.1 Å². The minimum absolute atomic E-state index is 0.137. The molecule has 0 spiro atoms. The molecule has 3 aromatic carbocycles. The number of rotatable bonds is 6. The molecule has 2 aliphatic rings. The molecular weight excluding hydrogens is 448 g/mol. The summed E-state index contributed by atoms with van der Waals surface area (Å²) in [6.45, 7) is 1.50. The number of nitrogens with zero attached hydrogens (tertiary/aromatic N) is 1. The van der Waals surface area contributed by atoms with Crippen LogP contribution in [-0.4, -0.2) is 29.5 Å². The van der Waals surface area contributed by atoms with Crippen molar-refractivity contribution in [3.05, 3.63) is 95.6 Å². The minimum atomic E-state index is -0.308. The van der Waals surface area contributed by atoms with Crippen molar-refractivity contribution in [3.63, 3.8) is 0 Å². The molecule has 0 radical (unpaired) electrons. The van der Waals surface area contributed by atoms with E-state index in [2.05, 4.69) is 53.6 Å². The molecule has 1 heterocycles. The van der Waals surface area contributed by atoms with Crippen LogP contribution < -0.4 is 5.32 Å². The molecule has 5 nitrogen and oxygen atoms in total. The molecule has 1 aliphatic heterocycles. The predicted octanol–water partition coefficient (Wildman–Crippen LogP) is 5.53. The summed E-state index contributed by atoms with van der Waals surface area (Å²) in [5, 5.41) is 3.01. The molecule has 1 saturated heterocycles. The maximum atomic E-state index is 12.6. The van der Waals surface area contributed by atoms with Crippen LogP contribution in [0, 0.1) is 17.8 Å². The number of likely N-dealkylation sites (tertiary alicyclic amines) is 1. The quantitative estimate of drug-likeness (QED) is 0.474. The summed E-state index contributed by atoms with van der Waals surface area (Å²) in [6.07, 6.45) is 3.50. The van der Waals surface area contributed by atoms with E-state index in [1.807, 2.05) is 42.5 Å². The first-order chi connectivity index (χ1) is 17.7. The molecular formula is C31H30N2O3. The SMILES string of the molecule is O=C(NCc1ccc(-c2cccc(C#CC3CCCN3C(=O)OCc3ccccc3)c2)cc1)C1CC1. The first-order valence-electron chi connectivity index (χ1n) is 12.6. The van der Waals surface area contributed by atoms with Crippen molar-refractivity contribution in [2.75, 3.05) is 6.54 Å². The van der Waals surface area contributed by atoms with Gasteiger partial charge < -0.3 is 10.1 Å². The highest BCUT2D eigenvalue weighted by molar-refractivity contribution is 5.80. The van der Waals surface area contributed by atoms with Gasteiger partial charge in [-0.1, -0.05) is 78.6 Å². The van der Waals surface area contributed by atoms with Crippen LogP contribution in [0.5, 0.6) is 0 Å². The largest absolute Gasteiger partial charge is 0.445 e. The van der Waals surface area contributed by atoms with Gasteiger partial charge in [-0.15, -0.1) is 0 Å². The van der Waals surface area contributed by atoms with Crippen molar-refractivity contribution in [2.24, 2.45) is 5.92 Å². The highest BCUT2D eigenvalue weighted by Gasteiger charge is 2.29. The van der Waals surface area contributed by atoms with Crippen molar-refractivity contribution < 1.29 is 14.3 Å². The van der Waals surface area contributed by atoms with Crippen LogP contribution in [0.3, 0.4) is 0 Å². The molecule has 5 rings (SSSR count). The van der Waals surface area contributed by atoms with Gasteiger partial charge in [-0.05, 0) is 60.1 Å². The Labute approximate surface area is 212 Å². The van der Waals surface area contributed by atoms with Gasteiger partial charge in [-0.25, -0.2) is 4.79 Å². The van der Waals surface area contributed by atoms with E-state index in [-0.39, 0.29) is 30.6 Å². The third-order valence-electron chi connectivity index (χ3n) is 6.64. The molecule has 1 saturated carbocycles. The fourth-order valence-electron chi connectivity index (χ4n) is 4.37. The first kappa shape index (κ1) is 23.7. The lowest BCUT2D eigenvalue weighted by molar-refractivity contribution is -0.122. The molecule has 1 unspecified atom stereocenters. The molecule has 182 valence electrons. The number of nitrogens with one attached hydrogen (secondary N) is 1. The van der Waals surface area contributed by atoms with E-state index in [1.165, 1.54) is 0 Å². The second-order valence-electron chi connectivity index (χ2n) is 9.43. The summed E-state index contributed by atoms with van der Waals surface area (Å²) in [6, 6.07) is 26.0. The highest BCUT2D eigenvalue weighted by Crippen LogP contribution is 2.29. The molecule has 2 amide bonds. The first-order valence-corrected chi connectivity index (χ1v) is 12.6. The Morgan fingerprint density at radius 2 is 1.69 bits per heavy atom. The summed E-state index contributed by atoms with van der Waals surface area (Å²) < 4.78 is 5.52. The van der Waals surface area contributed by atoms with Crippen LogP contribution in [0.25, 0.3) is 11.1 Å². The van der Waals surface area contributed by atoms with Crippen LogP contribution in [0.15, 0.2) is 78.9 Å². The van der Waals surface area contributed by atoms with Gasteiger partial charge in [-0.2, -0.15) is 0 Å². The lowest BCUT2D eigenvalue weighted by atomic mass is 10.0. The molecule has 0 aromatic heterocycles. The second kappa shape index (κ2) is 11.1. The van der Waals surface area contributed by atoms with Gasteiger partial charge in [0.1, 0.15) is 6.61 Å². The Kier molecular flexibility index (Phi) is 7.33. The molecule has 0 bridgehead atoms. The standard InChI is InChI=1S/C31H30N2O3/c34-30(27-16-17-27)32-21-24-11-14-26(15-12-24)28-9-4-8-23(20-28)13-18-29-10-5-19-33(29)31(35)36-22-25-6-2-1-3-7-25/h1-4,6-9,11-12,14-15,20,27,29H,5,10,16-17,19,21-22H2,(H,32,34). The van der Waals surface area contributed by atoms with Crippen LogP contribution in [0.4, 0.5) is 4.79 Å². The van der Waals surface area contributed by atoms with Gasteiger partial charge in [0, 0.05) is 24.6 Å². The average molecular weight is 479 g/mol. The van der Waals surface area contributed by atoms with Crippen molar-refractivity contribution in [3.8, 4) is 23.0 Å². The van der Waals surface area contributed by atoms with E-state index in [1.54, 1.807) is 4.90 Å². The Morgan fingerprint density at radius 3 is 2.47 bits per heavy atom. The van der Waals surface area contributed by atoms with Crippen molar-refractivity contribution in [1.29, 1.82) is 0 Å². The van der Waals surface area contributed by atoms with Crippen LogP contribution in [-0.2, 0) is 22.7 Å². The summed E-state index contributed by atoms with van der Waals surface area (Å²) >= 11 is 0. The Balaban J connectivity index is 1.19. The summed E-state index contributed by atoms with van der Waals surface area (Å²) in [7, 11) is 0. The smallest absolute Gasteiger partial charge is 0.411 e. The molecule has 1 N–H and O–H groups in total. The van der Waals surface area contributed by atoms with E-state index in [0.717, 1.165) is 53.5 Å². The number of hydrogen-bond acceptors (Lipinski definition) is 3. The zero-order valence-electron chi connectivity index (χ0n) is 20.3. The van der Waals surface area contributed by atoms with Gasteiger partial charge >= 0.3 is 6.09 Å². The minimum Gasteiger partial charge on any atom is -0.445 e. The van der Waals surface area contributed by atoms with Gasteiger partial charge in [-0.3, -0.25) is 9.69 Å². The number of ether oxygens (including phenoxy) is 1. The number of benzene rings is 3. The fraction of sp³-hybridized carbons (Fsp3) is 0.290. The Bertz CT molecular complexity index is 1270.